The van der Waals surface area contributed by atoms with E-state index in [-0.39, 0.29) is 18.0 Å². The summed E-state index contributed by atoms with van der Waals surface area (Å²) in [6, 6.07) is 10.7. The quantitative estimate of drug-likeness (QED) is 0.647. The lowest BCUT2D eigenvalue weighted by atomic mass is 9.72. The monoisotopic (exact) mass is 412 g/mol. The maximum atomic E-state index is 14.3. The summed E-state index contributed by atoms with van der Waals surface area (Å²) in [6.07, 6.45) is 0.198. The summed E-state index contributed by atoms with van der Waals surface area (Å²) < 4.78 is 27.4. The Hall–Kier alpha value is -2.93. The van der Waals surface area contributed by atoms with Crippen molar-refractivity contribution in [3.8, 4) is 10.6 Å². The molecule has 4 nitrogen and oxygen atoms in total. The zero-order chi connectivity index (χ0) is 20.8. The number of nitrogens with two attached hydrogens (primary N) is 1. The number of aromatic nitrogens is 1. The zero-order valence-corrected chi connectivity index (χ0v) is 16.5. The molecule has 0 saturated heterocycles. The van der Waals surface area contributed by atoms with Crippen LogP contribution in [0.4, 0.5) is 8.78 Å². The molecule has 1 atom stereocenters. The number of halogens is 2. The van der Waals surface area contributed by atoms with Gasteiger partial charge in [0, 0.05) is 23.3 Å². The number of thiazole rings is 1. The first-order chi connectivity index (χ1) is 13.8. The molecule has 4 rings (SSSR count). The third-order valence-electron chi connectivity index (χ3n) is 5.45. The van der Waals surface area contributed by atoms with Gasteiger partial charge in [-0.25, -0.2) is 13.8 Å². The normalized spacial score (nSPS) is 17.9. The molecule has 3 aromatic rings. The SMILES string of the molecule is Cc1c(F)cccc1[C@@]1(C(=O)CC(N)=O)Cc2nc(-c3ccc(F)cc3)sc2C1. The largest absolute Gasteiger partial charge is 0.369 e. The molecule has 29 heavy (non-hydrogen) atoms. The van der Waals surface area contributed by atoms with Crippen molar-refractivity contribution in [2.24, 2.45) is 5.73 Å². The Morgan fingerprint density at radius 3 is 2.52 bits per heavy atom. The van der Waals surface area contributed by atoms with Crippen molar-refractivity contribution in [3.05, 3.63) is 75.8 Å². The summed E-state index contributed by atoms with van der Waals surface area (Å²) in [5.74, 6) is -1.76. The second kappa shape index (κ2) is 7.15. The molecule has 1 aliphatic carbocycles. The molecule has 2 aromatic carbocycles. The van der Waals surface area contributed by atoms with E-state index in [0.29, 0.717) is 17.5 Å². The van der Waals surface area contributed by atoms with Gasteiger partial charge in [-0.15, -0.1) is 11.3 Å². The molecular formula is C22H18F2N2O2S. The number of hydrogen-bond acceptors (Lipinski definition) is 4. The number of fused-ring (bicyclic) bond motifs is 1. The summed E-state index contributed by atoms with van der Waals surface area (Å²) >= 11 is 1.43. The van der Waals surface area contributed by atoms with E-state index < -0.39 is 23.6 Å². The van der Waals surface area contributed by atoms with E-state index in [4.69, 9.17) is 5.73 Å². The Morgan fingerprint density at radius 2 is 1.86 bits per heavy atom. The third-order valence-corrected chi connectivity index (χ3v) is 6.60. The number of amides is 1. The molecule has 0 saturated carbocycles. The molecule has 1 aliphatic rings. The number of benzene rings is 2. The van der Waals surface area contributed by atoms with Crippen molar-refractivity contribution in [2.45, 2.75) is 31.6 Å². The highest BCUT2D eigenvalue weighted by Crippen LogP contribution is 2.46. The molecule has 2 N–H and O–H groups in total. The van der Waals surface area contributed by atoms with Crippen LogP contribution in [0.1, 0.15) is 28.1 Å². The maximum Gasteiger partial charge on any atom is 0.224 e. The van der Waals surface area contributed by atoms with Crippen LogP contribution in [-0.2, 0) is 27.8 Å². The third kappa shape index (κ3) is 3.35. The topological polar surface area (TPSA) is 73.1 Å². The lowest BCUT2D eigenvalue weighted by molar-refractivity contribution is -0.129. The maximum absolute atomic E-state index is 14.3. The fraction of sp³-hybridized carbons (Fsp3) is 0.227. The predicted molar refractivity (Wildman–Crippen MR) is 107 cm³/mol. The summed E-state index contributed by atoms with van der Waals surface area (Å²) in [6.45, 7) is 1.63. The van der Waals surface area contributed by atoms with Crippen LogP contribution < -0.4 is 5.73 Å². The van der Waals surface area contributed by atoms with Crippen LogP contribution in [0.15, 0.2) is 42.5 Å². The molecular weight excluding hydrogens is 394 g/mol. The lowest BCUT2D eigenvalue weighted by Crippen LogP contribution is -2.40. The molecule has 148 valence electrons. The van der Waals surface area contributed by atoms with Gasteiger partial charge in [-0.2, -0.15) is 0 Å². The van der Waals surface area contributed by atoms with Crippen LogP contribution in [-0.4, -0.2) is 16.7 Å². The Kier molecular flexibility index (Phi) is 4.78. The minimum atomic E-state index is -1.06. The van der Waals surface area contributed by atoms with Gasteiger partial charge in [-0.1, -0.05) is 12.1 Å². The van der Waals surface area contributed by atoms with Crippen molar-refractivity contribution in [1.82, 2.24) is 4.98 Å². The van der Waals surface area contributed by atoms with E-state index in [1.54, 1.807) is 31.2 Å². The summed E-state index contributed by atoms with van der Waals surface area (Å²) in [5, 5.41) is 0.738. The number of Topliss-reactive ketones (excluding diaryl/α,β-unsaturated/α-hetero) is 1. The minimum absolute atomic E-state index is 0.274. The molecule has 1 aromatic heterocycles. The highest BCUT2D eigenvalue weighted by Gasteiger charge is 2.48. The summed E-state index contributed by atoms with van der Waals surface area (Å²) in [5.41, 5.74) is 6.72. The summed E-state index contributed by atoms with van der Waals surface area (Å²) in [4.78, 5) is 30.1. The minimum Gasteiger partial charge on any atom is -0.369 e. The van der Waals surface area contributed by atoms with Gasteiger partial charge >= 0.3 is 0 Å². The number of carbonyl (C=O) groups excluding carboxylic acids is 2. The number of nitrogens with zero attached hydrogens (tertiary/aromatic N) is 1. The van der Waals surface area contributed by atoms with E-state index in [0.717, 1.165) is 21.1 Å². The van der Waals surface area contributed by atoms with Crippen LogP contribution in [0.5, 0.6) is 0 Å². The van der Waals surface area contributed by atoms with Crippen molar-refractivity contribution in [1.29, 1.82) is 0 Å². The Labute approximate surface area is 170 Å². The van der Waals surface area contributed by atoms with Crippen LogP contribution in [0.2, 0.25) is 0 Å². The average Bonchev–Trinajstić information content (AvgIpc) is 3.21. The molecule has 0 fully saturated rings. The van der Waals surface area contributed by atoms with Gasteiger partial charge in [-0.05, 0) is 48.4 Å². The number of primary amides is 1. The van der Waals surface area contributed by atoms with Gasteiger partial charge in [0.25, 0.3) is 0 Å². The smallest absolute Gasteiger partial charge is 0.224 e. The summed E-state index contributed by atoms with van der Waals surface area (Å²) in [7, 11) is 0. The lowest BCUT2D eigenvalue weighted by Gasteiger charge is -2.29. The molecule has 1 heterocycles. The Balaban J connectivity index is 1.76. The second-order valence-corrected chi connectivity index (χ2v) is 8.39. The average molecular weight is 412 g/mol. The highest BCUT2D eigenvalue weighted by atomic mass is 32.1. The van der Waals surface area contributed by atoms with Gasteiger partial charge < -0.3 is 5.73 Å². The van der Waals surface area contributed by atoms with E-state index >= 15 is 0 Å². The van der Waals surface area contributed by atoms with Crippen molar-refractivity contribution >= 4 is 23.0 Å². The van der Waals surface area contributed by atoms with Crippen LogP contribution in [0.25, 0.3) is 10.6 Å². The number of rotatable bonds is 5. The van der Waals surface area contributed by atoms with Gasteiger partial charge in [-0.3, -0.25) is 9.59 Å². The number of carbonyl (C=O) groups is 2. The van der Waals surface area contributed by atoms with Crippen LogP contribution >= 0.6 is 11.3 Å². The van der Waals surface area contributed by atoms with E-state index in [2.05, 4.69) is 4.98 Å². The van der Waals surface area contributed by atoms with Crippen molar-refractivity contribution in [2.75, 3.05) is 0 Å². The standard InChI is InChI=1S/C22H18F2N2O2S/c1-12-15(3-2-4-16(12)24)22(19(27)9-20(25)28)10-17-18(11-22)29-21(26-17)13-5-7-14(23)8-6-13/h2-8H,9-11H2,1H3,(H2,25,28)/t22-/m1/s1. The fourth-order valence-electron chi connectivity index (χ4n) is 3.99. The van der Waals surface area contributed by atoms with Crippen LogP contribution in [0.3, 0.4) is 0 Å². The van der Waals surface area contributed by atoms with Gasteiger partial charge in [0.2, 0.25) is 5.91 Å². The van der Waals surface area contributed by atoms with Gasteiger partial charge in [0.15, 0.2) is 5.78 Å². The Bertz CT molecular complexity index is 1100. The predicted octanol–water partition coefficient (Wildman–Crippen LogP) is 3.88. The van der Waals surface area contributed by atoms with Crippen molar-refractivity contribution in [3.63, 3.8) is 0 Å². The van der Waals surface area contributed by atoms with Gasteiger partial charge in [0.1, 0.15) is 16.6 Å². The molecule has 1 amide bonds. The molecule has 0 bridgehead atoms. The van der Waals surface area contributed by atoms with E-state index in [1.165, 1.54) is 29.5 Å². The fourth-order valence-corrected chi connectivity index (χ4v) is 5.19. The number of hydrogen-bond donors (Lipinski definition) is 1. The first kappa shape index (κ1) is 19.4. The van der Waals surface area contributed by atoms with Crippen LogP contribution in [0, 0.1) is 18.6 Å². The highest BCUT2D eigenvalue weighted by molar-refractivity contribution is 7.15. The second-order valence-electron chi connectivity index (χ2n) is 7.31. The zero-order valence-electron chi connectivity index (χ0n) is 15.7. The van der Waals surface area contributed by atoms with E-state index in [1.807, 2.05) is 0 Å². The molecule has 0 aliphatic heterocycles. The molecule has 7 heteroatoms. The Morgan fingerprint density at radius 1 is 1.14 bits per heavy atom. The van der Waals surface area contributed by atoms with Crippen molar-refractivity contribution < 1.29 is 18.4 Å². The molecule has 0 unspecified atom stereocenters. The first-order valence-corrected chi connectivity index (χ1v) is 9.93. The van der Waals surface area contributed by atoms with Gasteiger partial charge in [0.05, 0.1) is 17.5 Å². The van der Waals surface area contributed by atoms with E-state index in [9.17, 15) is 18.4 Å². The first-order valence-electron chi connectivity index (χ1n) is 9.12. The molecule has 0 radical (unpaired) electrons. The molecule has 0 spiro atoms. The number of ketones is 1.